The SMILES string of the molecule is CCCc1c(C)cc(Br)c2c1C=CC2. The summed E-state index contributed by atoms with van der Waals surface area (Å²) in [6.45, 7) is 4.45. The van der Waals surface area contributed by atoms with Gasteiger partial charge in [0, 0.05) is 4.47 Å². The predicted octanol–water partition coefficient (Wildman–Crippen LogP) is 4.28. The third-order valence-electron chi connectivity index (χ3n) is 2.86. The second-order valence-corrected chi connectivity index (χ2v) is 4.76. The molecule has 0 fully saturated rings. The van der Waals surface area contributed by atoms with E-state index in [0.717, 1.165) is 6.42 Å². The smallest absolute Gasteiger partial charge is 0.0219 e. The zero-order valence-corrected chi connectivity index (χ0v) is 10.3. The van der Waals surface area contributed by atoms with E-state index in [1.807, 2.05) is 0 Å². The number of hydrogen-bond donors (Lipinski definition) is 0. The monoisotopic (exact) mass is 250 g/mol. The Morgan fingerprint density at radius 1 is 1.43 bits per heavy atom. The van der Waals surface area contributed by atoms with E-state index in [4.69, 9.17) is 0 Å². The molecule has 1 heteroatoms. The topological polar surface area (TPSA) is 0 Å². The van der Waals surface area contributed by atoms with E-state index in [-0.39, 0.29) is 0 Å². The summed E-state index contributed by atoms with van der Waals surface area (Å²) in [6.07, 6.45) is 8.05. The normalized spacial score (nSPS) is 13.4. The van der Waals surface area contributed by atoms with Gasteiger partial charge >= 0.3 is 0 Å². The first-order valence-electron chi connectivity index (χ1n) is 5.21. The van der Waals surface area contributed by atoms with E-state index in [2.05, 4.69) is 48.0 Å². The molecule has 74 valence electrons. The largest absolute Gasteiger partial charge is 0.0795 e. The predicted molar refractivity (Wildman–Crippen MR) is 65.6 cm³/mol. The number of allylic oxidation sites excluding steroid dienone is 1. The van der Waals surface area contributed by atoms with Crippen molar-refractivity contribution in [1.29, 1.82) is 0 Å². The van der Waals surface area contributed by atoms with Crippen LogP contribution in [0.4, 0.5) is 0 Å². The number of halogens is 1. The molecule has 1 aromatic carbocycles. The van der Waals surface area contributed by atoms with E-state index < -0.39 is 0 Å². The van der Waals surface area contributed by atoms with Crippen LogP contribution in [0, 0.1) is 6.92 Å². The van der Waals surface area contributed by atoms with Gasteiger partial charge in [0.25, 0.3) is 0 Å². The van der Waals surface area contributed by atoms with Crippen LogP contribution in [0.25, 0.3) is 6.08 Å². The van der Waals surface area contributed by atoms with Gasteiger partial charge in [0.05, 0.1) is 0 Å². The summed E-state index contributed by atoms with van der Waals surface area (Å²) in [5.41, 5.74) is 5.90. The lowest BCUT2D eigenvalue weighted by Gasteiger charge is -2.12. The Labute approximate surface area is 94.2 Å². The van der Waals surface area contributed by atoms with Crippen molar-refractivity contribution >= 4 is 22.0 Å². The zero-order chi connectivity index (χ0) is 10.1. The summed E-state index contributed by atoms with van der Waals surface area (Å²) in [7, 11) is 0. The number of fused-ring (bicyclic) bond motifs is 1. The van der Waals surface area contributed by atoms with E-state index in [0.29, 0.717) is 0 Å². The van der Waals surface area contributed by atoms with Crippen molar-refractivity contribution in [2.45, 2.75) is 33.1 Å². The number of hydrogen-bond acceptors (Lipinski definition) is 0. The molecule has 0 amide bonds. The van der Waals surface area contributed by atoms with Crippen molar-refractivity contribution in [2.75, 3.05) is 0 Å². The third kappa shape index (κ3) is 1.54. The summed E-state index contributed by atoms with van der Waals surface area (Å²) in [4.78, 5) is 0. The fraction of sp³-hybridized carbons (Fsp3) is 0.385. The molecule has 1 aromatic rings. The molecule has 14 heavy (non-hydrogen) atoms. The highest BCUT2D eigenvalue weighted by atomic mass is 79.9. The van der Waals surface area contributed by atoms with Gasteiger partial charge in [0.2, 0.25) is 0 Å². The van der Waals surface area contributed by atoms with E-state index in [1.165, 1.54) is 34.0 Å². The van der Waals surface area contributed by atoms with Gasteiger partial charge in [0.15, 0.2) is 0 Å². The van der Waals surface area contributed by atoms with Crippen LogP contribution >= 0.6 is 15.9 Å². The highest BCUT2D eigenvalue weighted by Gasteiger charge is 2.14. The maximum Gasteiger partial charge on any atom is 0.0219 e. The first-order valence-corrected chi connectivity index (χ1v) is 6.00. The van der Waals surface area contributed by atoms with Gasteiger partial charge in [-0.15, -0.1) is 0 Å². The third-order valence-corrected chi connectivity index (χ3v) is 3.57. The van der Waals surface area contributed by atoms with E-state index >= 15 is 0 Å². The minimum atomic E-state index is 1.09. The lowest BCUT2D eigenvalue weighted by Crippen LogP contribution is -1.96. The molecule has 0 saturated carbocycles. The van der Waals surface area contributed by atoms with Gasteiger partial charge in [0.1, 0.15) is 0 Å². The highest BCUT2D eigenvalue weighted by molar-refractivity contribution is 9.10. The van der Waals surface area contributed by atoms with Crippen molar-refractivity contribution in [3.05, 3.63) is 38.9 Å². The van der Waals surface area contributed by atoms with Crippen LogP contribution in [0.1, 0.15) is 35.6 Å². The van der Waals surface area contributed by atoms with Gasteiger partial charge < -0.3 is 0 Å². The first-order chi connectivity index (χ1) is 6.74. The van der Waals surface area contributed by atoms with Crippen molar-refractivity contribution in [3.8, 4) is 0 Å². The molecule has 0 radical (unpaired) electrons. The van der Waals surface area contributed by atoms with Gasteiger partial charge in [-0.3, -0.25) is 0 Å². The molecule has 0 bridgehead atoms. The molecule has 0 spiro atoms. The summed E-state index contributed by atoms with van der Waals surface area (Å²) >= 11 is 3.64. The average molecular weight is 251 g/mol. The zero-order valence-electron chi connectivity index (χ0n) is 8.73. The average Bonchev–Trinajstić information content (AvgIpc) is 2.60. The van der Waals surface area contributed by atoms with Crippen molar-refractivity contribution in [2.24, 2.45) is 0 Å². The highest BCUT2D eigenvalue weighted by Crippen LogP contribution is 2.33. The van der Waals surface area contributed by atoms with Crippen molar-refractivity contribution < 1.29 is 0 Å². The molecule has 0 aliphatic heterocycles. The lowest BCUT2D eigenvalue weighted by molar-refractivity contribution is 0.907. The van der Waals surface area contributed by atoms with Gasteiger partial charge in [-0.25, -0.2) is 0 Å². The van der Waals surface area contributed by atoms with Gasteiger partial charge in [-0.05, 0) is 48.1 Å². The number of aryl methyl sites for hydroxylation is 1. The second-order valence-electron chi connectivity index (χ2n) is 3.90. The molecule has 0 aromatic heterocycles. The maximum absolute atomic E-state index is 3.64. The Bertz CT molecular complexity index is 389. The van der Waals surface area contributed by atoms with Crippen LogP contribution in [0.2, 0.25) is 0 Å². The minimum Gasteiger partial charge on any atom is -0.0795 e. The van der Waals surface area contributed by atoms with Crippen molar-refractivity contribution in [1.82, 2.24) is 0 Å². The van der Waals surface area contributed by atoms with Crippen LogP contribution in [0.5, 0.6) is 0 Å². The molecule has 0 heterocycles. The molecule has 0 N–H and O–H groups in total. The molecular formula is C13H15Br. The van der Waals surface area contributed by atoms with Crippen LogP contribution in [-0.2, 0) is 12.8 Å². The Morgan fingerprint density at radius 2 is 2.21 bits per heavy atom. The second kappa shape index (κ2) is 3.90. The standard InChI is InChI=1S/C13H15Br/c1-3-5-10-9(2)8-13(14)12-7-4-6-11(10)12/h4,6,8H,3,5,7H2,1-2H3. The quantitative estimate of drug-likeness (QED) is 0.735. The summed E-state index contributed by atoms with van der Waals surface area (Å²) in [5, 5.41) is 0. The van der Waals surface area contributed by atoms with E-state index in [9.17, 15) is 0 Å². The lowest BCUT2D eigenvalue weighted by atomic mass is 9.95. The maximum atomic E-state index is 3.64. The molecule has 0 unspecified atom stereocenters. The minimum absolute atomic E-state index is 1.09. The van der Waals surface area contributed by atoms with E-state index in [1.54, 1.807) is 5.56 Å². The number of benzene rings is 1. The summed E-state index contributed by atoms with van der Waals surface area (Å²) in [6, 6.07) is 2.26. The molecule has 2 rings (SSSR count). The Hall–Kier alpha value is -0.560. The molecule has 1 aliphatic carbocycles. The van der Waals surface area contributed by atoms with Crippen LogP contribution in [0.15, 0.2) is 16.6 Å². The van der Waals surface area contributed by atoms with Crippen LogP contribution in [0.3, 0.4) is 0 Å². The van der Waals surface area contributed by atoms with Gasteiger partial charge in [-0.2, -0.15) is 0 Å². The summed E-state index contributed by atoms with van der Waals surface area (Å²) < 4.78 is 1.27. The Balaban J connectivity index is 2.58. The molecule has 0 nitrogen and oxygen atoms in total. The molecule has 0 saturated heterocycles. The molecular weight excluding hydrogens is 236 g/mol. The van der Waals surface area contributed by atoms with Crippen LogP contribution < -0.4 is 0 Å². The molecule has 1 aliphatic rings. The first kappa shape index (κ1) is 9.97. The Kier molecular flexibility index (Phi) is 2.78. The molecule has 0 atom stereocenters. The fourth-order valence-corrected chi connectivity index (χ4v) is 2.89. The van der Waals surface area contributed by atoms with Crippen molar-refractivity contribution in [3.63, 3.8) is 0 Å². The Morgan fingerprint density at radius 3 is 2.93 bits per heavy atom. The summed E-state index contributed by atoms with van der Waals surface area (Å²) in [5.74, 6) is 0. The van der Waals surface area contributed by atoms with Gasteiger partial charge in [-0.1, -0.05) is 41.4 Å². The number of rotatable bonds is 2. The fourth-order valence-electron chi connectivity index (χ4n) is 2.17. The van der Waals surface area contributed by atoms with Crippen LogP contribution in [-0.4, -0.2) is 0 Å².